The van der Waals surface area contributed by atoms with Crippen molar-refractivity contribution in [2.24, 2.45) is 0 Å². The standard InChI is InChI=1S/C23H23NO3/c1-17-8-9-18(2)22(16-17)24-23(25)19-10-12-21(13-11-19)27-15-14-26-20-6-4-3-5-7-20/h3-13,16H,14-15H2,1-2H3,(H,24,25). The molecule has 0 saturated carbocycles. The molecule has 0 heterocycles. The molecule has 1 N–H and O–H groups in total. The summed E-state index contributed by atoms with van der Waals surface area (Å²) >= 11 is 0. The lowest BCUT2D eigenvalue weighted by atomic mass is 10.1. The molecule has 0 fully saturated rings. The topological polar surface area (TPSA) is 47.6 Å². The molecule has 3 aromatic rings. The normalized spacial score (nSPS) is 10.3. The van der Waals surface area contributed by atoms with Crippen LogP contribution < -0.4 is 14.8 Å². The maximum Gasteiger partial charge on any atom is 0.255 e. The average Bonchev–Trinajstić information content (AvgIpc) is 2.69. The van der Waals surface area contributed by atoms with Gasteiger partial charge in [-0.1, -0.05) is 30.3 Å². The van der Waals surface area contributed by atoms with Gasteiger partial charge in [0.2, 0.25) is 0 Å². The number of rotatable bonds is 7. The van der Waals surface area contributed by atoms with Crippen LogP contribution in [0.1, 0.15) is 21.5 Å². The number of carbonyl (C=O) groups is 1. The van der Waals surface area contributed by atoms with E-state index in [1.165, 1.54) is 0 Å². The molecule has 3 aromatic carbocycles. The zero-order chi connectivity index (χ0) is 19.1. The molecule has 0 unspecified atom stereocenters. The number of carbonyl (C=O) groups excluding carboxylic acids is 1. The molecule has 0 aliphatic carbocycles. The summed E-state index contributed by atoms with van der Waals surface area (Å²) in [5.41, 5.74) is 3.56. The van der Waals surface area contributed by atoms with Crippen molar-refractivity contribution in [3.05, 3.63) is 89.5 Å². The zero-order valence-electron chi connectivity index (χ0n) is 15.6. The summed E-state index contributed by atoms with van der Waals surface area (Å²) in [4.78, 5) is 12.4. The second kappa shape index (κ2) is 8.90. The Morgan fingerprint density at radius 1 is 0.815 bits per heavy atom. The fourth-order valence-electron chi connectivity index (χ4n) is 2.60. The Balaban J connectivity index is 1.50. The first-order valence-electron chi connectivity index (χ1n) is 8.91. The number of ether oxygens (including phenoxy) is 2. The summed E-state index contributed by atoms with van der Waals surface area (Å²) in [6.45, 7) is 4.87. The Kier molecular flexibility index (Phi) is 6.10. The van der Waals surface area contributed by atoms with Crippen molar-refractivity contribution in [3.63, 3.8) is 0 Å². The van der Waals surface area contributed by atoms with Gasteiger partial charge in [0.05, 0.1) is 0 Å². The minimum Gasteiger partial charge on any atom is -0.490 e. The van der Waals surface area contributed by atoms with Gasteiger partial charge in [-0.15, -0.1) is 0 Å². The lowest BCUT2D eigenvalue weighted by Crippen LogP contribution is -2.13. The quantitative estimate of drug-likeness (QED) is 0.602. The second-order valence-electron chi connectivity index (χ2n) is 6.31. The Hall–Kier alpha value is -3.27. The molecule has 4 nitrogen and oxygen atoms in total. The van der Waals surface area contributed by atoms with Gasteiger partial charge in [-0.2, -0.15) is 0 Å². The third kappa shape index (κ3) is 5.35. The van der Waals surface area contributed by atoms with E-state index in [2.05, 4.69) is 5.32 Å². The van der Waals surface area contributed by atoms with Crippen molar-refractivity contribution in [2.45, 2.75) is 13.8 Å². The van der Waals surface area contributed by atoms with Crippen LogP contribution in [-0.4, -0.2) is 19.1 Å². The number of hydrogen-bond acceptors (Lipinski definition) is 3. The van der Waals surface area contributed by atoms with E-state index in [-0.39, 0.29) is 5.91 Å². The lowest BCUT2D eigenvalue weighted by molar-refractivity contribution is 0.102. The summed E-state index contributed by atoms with van der Waals surface area (Å²) in [5.74, 6) is 1.39. The summed E-state index contributed by atoms with van der Waals surface area (Å²) < 4.78 is 11.2. The number of amides is 1. The predicted octanol–water partition coefficient (Wildman–Crippen LogP) is 5.01. The monoisotopic (exact) mass is 361 g/mol. The first-order chi connectivity index (χ1) is 13.1. The molecule has 0 aliphatic rings. The molecule has 0 aliphatic heterocycles. The zero-order valence-corrected chi connectivity index (χ0v) is 15.6. The number of benzene rings is 3. The Bertz CT molecular complexity index is 889. The number of anilines is 1. The van der Waals surface area contributed by atoms with Gasteiger partial charge in [0, 0.05) is 11.3 Å². The first kappa shape index (κ1) is 18.5. The van der Waals surface area contributed by atoms with Gasteiger partial charge in [0.1, 0.15) is 24.7 Å². The predicted molar refractivity (Wildman–Crippen MR) is 108 cm³/mol. The van der Waals surface area contributed by atoms with E-state index in [1.54, 1.807) is 24.3 Å². The van der Waals surface area contributed by atoms with Gasteiger partial charge in [-0.3, -0.25) is 4.79 Å². The highest BCUT2D eigenvalue weighted by Crippen LogP contribution is 2.19. The third-order valence-corrected chi connectivity index (χ3v) is 4.12. The van der Waals surface area contributed by atoms with Gasteiger partial charge >= 0.3 is 0 Å². The van der Waals surface area contributed by atoms with Gasteiger partial charge in [-0.25, -0.2) is 0 Å². The van der Waals surface area contributed by atoms with E-state index < -0.39 is 0 Å². The Morgan fingerprint density at radius 3 is 2.11 bits per heavy atom. The molecule has 0 spiro atoms. The van der Waals surface area contributed by atoms with E-state index >= 15 is 0 Å². The summed E-state index contributed by atoms with van der Waals surface area (Å²) in [6.07, 6.45) is 0. The molecular weight excluding hydrogens is 338 g/mol. The van der Waals surface area contributed by atoms with Crippen molar-refractivity contribution in [1.82, 2.24) is 0 Å². The van der Waals surface area contributed by atoms with Crippen molar-refractivity contribution in [2.75, 3.05) is 18.5 Å². The van der Waals surface area contributed by atoms with Crippen molar-refractivity contribution < 1.29 is 14.3 Å². The molecule has 0 radical (unpaired) electrons. The summed E-state index contributed by atoms with van der Waals surface area (Å²) in [7, 11) is 0. The highest BCUT2D eigenvalue weighted by Gasteiger charge is 2.08. The van der Waals surface area contributed by atoms with Crippen LogP contribution >= 0.6 is 0 Å². The van der Waals surface area contributed by atoms with Crippen LogP contribution in [0.25, 0.3) is 0 Å². The number of hydrogen-bond donors (Lipinski definition) is 1. The highest BCUT2D eigenvalue weighted by molar-refractivity contribution is 6.04. The maximum absolute atomic E-state index is 12.4. The number of aryl methyl sites for hydroxylation is 2. The largest absolute Gasteiger partial charge is 0.490 e. The van der Waals surface area contributed by atoms with Crippen LogP contribution in [0.15, 0.2) is 72.8 Å². The van der Waals surface area contributed by atoms with Crippen molar-refractivity contribution in [1.29, 1.82) is 0 Å². The molecular formula is C23H23NO3. The third-order valence-electron chi connectivity index (χ3n) is 4.12. The van der Waals surface area contributed by atoms with E-state index in [9.17, 15) is 4.79 Å². The Labute approximate surface area is 159 Å². The second-order valence-corrected chi connectivity index (χ2v) is 6.31. The van der Waals surface area contributed by atoms with Crippen LogP contribution in [-0.2, 0) is 0 Å². The molecule has 1 amide bonds. The SMILES string of the molecule is Cc1ccc(C)c(NC(=O)c2ccc(OCCOc3ccccc3)cc2)c1. The fourth-order valence-corrected chi connectivity index (χ4v) is 2.60. The molecule has 0 bridgehead atoms. The smallest absolute Gasteiger partial charge is 0.255 e. The van der Waals surface area contributed by atoms with Crippen LogP contribution in [0.4, 0.5) is 5.69 Å². The maximum atomic E-state index is 12.4. The highest BCUT2D eigenvalue weighted by atomic mass is 16.5. The Morgan fingerprint density at radius 2 is 1.44 bits per heavy atom. The first-order valence-corrected chi connectivity index (χ1v) is 8.91. The van der Waals surface area contributed by atoms with Crippen molar-refractivity contribution >= 4 is 11.6 Å². The summed E-state index contributed by atoms with van der Waals surface area (Å²) in [5, 5.41) is 2.96. The van der Waals surface area contributed by atoms with Crippen LogP contribution in [0, 0.1) is 13.8 Å². The van der Waals surface area contributed by atoms with Crippen LogP contribution in [0.3, 0.4) is 0 Å². The minimum absolute atomic E-state index is 0.136. The minimum atomic E-state index is -0.136. The fraction of sp³-hybridized carbons (Fsp3) is 0.174. The van der Waals surface area contributed by atoms with Gasteiger partial charge in [0.25, 0.3) is 5.91 Å². The van der Waals surface area contributed by atoms with Crippen LogP contribution in [0.2, 0.25) is 0 Å². The van der Waals surface area contributed by atoms with Gasteiger partial charge in [0.15, 0.2) is 0 Å². The summed E-state index contributed by atoms with van der Waals surface area (Å²) in [6, 6.07) is 22.7. The molecule has 4 heteroatoms. The van der Waals surface area contributed by atoms with Gasteiger partial charge in [-0.05, 0) is 67.4 Å². The number of para-hydroxylation sites is 1. The lowest BCUT2D eigenvalue weighted by Gasteiger charge is -2.11. The van der Waals surface area contributed by atoms with Crippen molar-refractivity contribution in [3.8, 4) is 11.5 Å². The molecule has 0 aromatic heterocycles. The van der Waals surface area contributed by atoms with E-state index in [0.29, 0.717) is 24.5 Å². The molecule has 0 saturated heterocycles. The van der Waals surface area contributed by atoms with Crippen LogP contribution in [0.5, 0.6) is 11.5 Å². The van der Waals surface area contributed by atoms with E-state index in [4.69, 9.17) is 9.47 Å². The van der Waals surface area contributed by atoms with Gasteiger partial charge < -0.3 is 14.8 Å². The number of nitrogens with one attached hydrogen (secondary N) is 1. The molecule has 0 atom stereocenters. The van der Waals surface area contributed by atoms with E-state index in [1.807, 2.05) is 62.4 Å². The molecule has 3 rings (SSSR count). The average molecular weight is 361 g/mol. The molecule has 138 valence electrons. The van der Waals surface area contributed by atoms with E-state index in [0.717, 1.165) is 22.6 Å². The molecule has 27 heavy (non-hydrogen) atoms.